The molecule has 0 unspecified atom stereocenters. The monoisotopic (exact) mass is 394 g/mol. The van der Waals surface area contributed by atoms with Crippen LogP contribution in [0.4, 0.5) is 4.79 Å². The molecule has 2 saturated heterocycles. The maximum absolute atomic E-state index is 12.9. The molecule has 154 valence electrons. The van der Waals surface area contributed by atoms with Gasteiger partial charge in [0.05, 0.1) is 13.2 Å². The van der Waals surface area contributed by atoms with Crippen molar-refractivity contribution in [2.24, 2.45) is 11.8 Å². The number of aromatic nitrogens is 1. The van der Waals surface area contributed by atoms with Gasteiger partial charge in [-0.3, -0.25) is 9.88 Å². The number of methoxy groups -OCH3 is 1. The highest BCUT2D eigenvalue weighted by Gasteiger charge is 2.49. The number of hydrogen-bond donors (Lipinski definition) is 0. The van der Waals surface area contributed by atoms with E-state index in [9.17, 15) is 4.79 Å². The number of likely N-dealkylation sites (tertiary alicyclic amines) is 2. The summed E-state index contributed by atoms with van der Waals surface area (Å²) in [5, 5.41) is 0. The van der Waals surface area contributed by atoms with Crippen molar-refractivity contribution in [1.82, 2.24) is 19.7 Å². The molecule has 2 aromatic rings. The Balaban J connectivity index is 1.55. The molecular formula is C23H30N4O2. The average molecular weight is 395 g/mol. The Morgan fingerprint density at radius 1 is 1.14 bits per heavy atom. The summed E-state index contributed by atoms with van der Waals surface area (Å²) < 4.78 is 5.32. The quantitative estimate of drug-likeness (QED) is 0.799. The van der Waals surface area contributed by atoms with Crippen LogP contribution in [0.3, 0.4) is 0 Å². The van der Waals surface area contributed by atoms with Crippen LogP contribution < -0.4 is 4.74 Å². The molecule has 3 heterocycles. The van der Waals surface area contributed by atoms with Crippen LogP contribution in [-0.4, -0.2) is 66.6 Å². The summed E-state index contributed by atoms with van der Waals surface area (Å²) in [6.07, 6.45) is 1.98. The predicted octanol–water partition coefficient (Wildman–Crippen LogP) is 3.19. The summed E-state index contributed by atoms with van der Waals surface area (Å²) in [6, 6.07) is 12.6. The Morgan fingerprint density at radius 3 is 2.52 bits per heavy atom. The molecule has 6 nitrogen and oxygen atoms in total. The van der Waals surface area contributed by atoms with Crippen molar-refractivity contribution in [2.75, 3.05) is 40.8 Å². The summed E-state index contributed by atoms with van der Waals surface area (Å²) in [5.41, 5.74) is 3.48. The Labute approximate surface area is 173 Å². The largest absolute Gasteiger partial charge is 0.497 e. The minimum Gasteiger partial charge on any atom is -0.497 e. The maximum atomic E-state index is 12.9. The number of carbonyl (C=O) groups is 1. The fraction of sp³-hybridized carbons (Fsp3) is 0.478. The molecule has 3 atom stereocenters. The second kappa shape index (κ2) is 8.03. The molecule has 2 fully saturated rings. The predicted molar refractivity (Wildman–Crippen MR) is 113 cm³/mol. The first-order valence-corrected chi connectivity index (χ1v) is 10.2. The minimum atomic E-state index is 0.0921. The van der Waals surface area contributed by atoms with Gasteiger partial charge >= 0.3 is 6.03 Å². The molecule has 0 aliphatic carbocycles. The number of rotatable bonds is 4. The molecule has 2 aliphatic rings. The third kappa shape index (κ3) is 3.94. The van der Waals surface area contributed by atoms with Gasteiger partial charge in [0.1, 0.15) is 5.75 Å². The number of carbonyl (C=O) groups excluding carboxylic acids is 1. The first-order valence-electron chi connectivity index (χ1n) is 10.2. The lowest BCUT2D eigenvalue weighted by molar-refractivity contribution is 0.151. The van der Waals surface area contributed by atoms with Crippen molar-refractivity contribution < 1.29 is 9.53 Å². The fourth-order valence-corrected chi connectivity index (χ4v) is 4.80. The maximum Gasteiger partial charge on any atom is 0.320 e. The number of aryl methyl sites for hydroxylation is 1. The lowest BCUT2D eigenvalue weighted by Gasteiger charge is -2.32. The lowest BCUT2D eigenvalue weighted by atomic mass is 9.89. The van der Waals surface area contributed by atoms with Gasteiger partial charge in [-0.1, -0.05) is 18.2 Å². The van der Waals surface area contributed by atoms with E-state index in [-0.39, 0.29) is 12.1 Å². The first-order chi connectivity index (χ1) is 14.0. The number of nitrogens with zero attached hydrogens (tertiary/aromatic N) is 4. The second-order valence-corrected chi connectivity index (χ2v) is 8.47. The molecule has 4 rings (SSSR count). The summed E-state index contributed by atoms with van der Waals surface area (Å²) in [7, 11) is 5.34. The molecule has 0 N–H and O–H groups in total. The molecule has 6 heteroatoms. The van der Waals surface area contributed by atoms with E-state index in [4.69, 9.17) is 4.74 Å². The molecule has 2 amide bonds. The van der Waals surface area contributed by atoms with Crippen molar-refractivity contribution in [2.45, 2.75) is 19.5 Å². The Hall–Kier alpha value is -2.60. The second-order valence-electron chi connectivity index (χ2n) is 8.47. The third-order valence-electron chi connectivity index (χ3n) is 6.20. The highest BCUT2D eigenvalue weighted by Crippen LogP contribution is 2.45. The Bertz CT molecular complexity index is 850. The van der Waals surface area contributed by atoms with Gasteiger partial charge in [0.25, 0.3) is 0 Å². The molecule has 0 spiro atoms. The Kier molecular flexibility index (Phi) is 5.46. The van der Waals surface area contributed by atoms with Crippen molar-refractivity contribution in [3.63, 3.8) is 0 Å². The van der Waals surface area contributed by atoms with E-state index >= 15 is 0 Å². The number of fused-ring (bicyclic) bond motifs is 1. The number of ether oxygens (including phenoxy) is 1. The van der Waals surface area contributed by atoms with Crippen LogP contribution in [0, 0.1) is 18.8 Å². The van der Waals surface area contributed by atoms with Gasteiger partial charge in [0.2, 0.25) is 0 Å². The molecular weight excluding hydrogens is 364 g/mol. The van der Waals surface area contributed by atoms with E-state index in [0.717, 1.165) is 37.6 Å². The summed E-state index contributed by atoms with van der Waals surface area (Å²) in [6.45, 7) is 5.74. The van der Waals surface area contributed by atoms with Crippen LogP contribution in [0.15, 0.2) is 42.6 Å². The van der Waals surface area contributed by atoms with E-state index in [1.165, 1.54) is 11.1 Å². The smallest absolute Gasteiger partial charge is 0.320 e. The van der Waals surface area contributed by atoms with Crippen LogP contribution in [0.25, 0.3) is 0 Å². The van der Waals surface area contributed by atoms with Gasteiger partial charge in [-0.2, -0.15) is 0 Å². The van der Waals surface area contributed by atoms with E-state index in [2.05, 4.69) is 39.0 Å². The van der Waals surface area contributed by atoms with Gasteiger partial charge in [0.15, 0.2) is 0 Å². The van der Waals surface area contributed by atoms with Gasteiger partial charge < -0.3 is 14.5 Å². The molecule has 1 aromatic heterocycles. The van der Waals surface area contributed by atoms with Gasteiger partial charge in [-0.25, -0.2) is 4.79 Å². The van der Waals surface area contributed by atoms with Crippen LogP contribution in [-0.2, 0) is 6.54 Å². The number of hydrogen-bond acceptors (Lipinski definition) is 4. The van der Waals surface area contributed by atoms with E-state index in [0.29, 0.717) is 11.8 Å². The van der Waals surface area contributed by atoms with Crippen molar-refractivity contribution >= 4 is 6.03 Å². The molecule has 1 aromatic carbocycles. The number of pyridine rings is 1. The summed E-state index contributed by atoms with van der Waals surface area (Å²) in [5.74, 6) is 1.77. The van der Waals surface area contributed by atoms with Gasteiger partial charge in [-0.15, -0.1) is 0 Å². The normalized spacial score (nSPS) is 23.9. The van der Waals surface area contributed by atoms with Crippen molar-refractivity contribution in [1.29, 1.82) is 0 Å². The fourth-order valence-electron chi connectivity index (χ4n) is 4.80. The summed E-state index contributed by atoms with van der Waals surface area (Å²) in [4.78, 5) is 23.6. The third-order valence-corrected chi connectivity index (χ3v) is 6.20. The van der Waals surface area contributed by atoms with Gasteiger partial charge in [-0.05, 0) is 42.2 Å². The van der Waals surface area contributed by atoms with Gasteiger partial charge in [0, 0.05) is 58.1 Å². The minimum absolute atomic E-state index is 0.0921. The standard InChI is InChI=1S/C23H30N4O2/c1-16-5-6-17(11-24-16)12-26-13-19-14-27(23(28)25(2)3)22(21(19)15-26)18-7-9-20(29-4)10-8-18/h5-11,19,21-22H,12-15H2,1-4H3/t19-,21-,22+/m1/s1. The molecule has 29 heavy (non-hydrogen) atoms. The van der Waals surface area contributed by atoms with Crippen LogP contribution in [0.5, 0.6) is 5.75 Å². The first kappa shape index (κ1) is 19.7. The molecule has 0 radical (unpaired) electrons. The van der Waals surface area contributed by atoms with Crippen LogP contribution in [0.1, 0.15) is 22.9 Å². The molecule has 0 bridgehead atoms. The highest BCUT2D eigenvalue weighted by molar-refractivity contribution is 5.75. The summed E-state index contributed by atoms with van der Waals surface area (Å²) >= 11 is 0. The molecule has 0 saturated carbocycles. The zero-order valence-electron chi connectivity index (χ0n) is 17.7. The zero-order valence-corrected chi connectivity index (χ0v) is 17.7. The van der Waals surface area contributed by atoms with Crippen LogP contribution >= 0.6 is 0 Å². The topological polar surface area (TPSA) is 48.9 Å². The SMILES string of the molecule is COc1ccc([C@H]2[C@@H]3CN(Cc4ccc(C)nc4)C[C@@H]3CN2C(=O)N(C)C)cc1. The van der Waals surface area contributed by atoms with Crippen molar-refractivity contribution in [3.8, 4) is 5.75 Å². The number of benzene rings is 1. The van der Waals surface area contributed by atoms with Crippen molar-refractivity contribution in [3.05, 3.63) is 59.4 Å². The highest BCUT2D eigenvalue weighted by atomic mass is 16.5. The average Bonchev–Trinajstić information content (AvgIpc) is 3.26. The molecule has 2 aliphatic heterocycles. The number of urea groups is 1. The van der Waals surface area contributed by atoms with E-state index in [1.807, 2.05) is 39.3 Å². The van der Waals surface area contributed by atoms with E-state index in [1.54, 1.807) is 12.0 Å². The van der Waals surface area contributed by atoms with E-state index < -0.39 is 0 Å². The zero-order chi connectivity index (χ0) is 20.5. The number of amides is 2. The Morgan fingerprint density at radius 2 is 1.90 bits per heavy atom. The lowest BCUT2D eigenvalue weighted by Crippen LogP contribution is -2.41. The van der Waals surface area contributed by atoms with Crippen LogP contribution in [0.2, 0.25) is 0 Å².